The maximum absolute atomic E-state index is 12.4. The van der Waals surface area contributed by atoms with Crippen LogP contribution >= 0.6 is 11.8 Å². The average molecular weight is 217 g/mol. The summed E-state index contributed by atoms with van der Waals surface area (Å²) in [5.74, 6) is 0. The molecule has 1 nitrogen and oxygen atoms in total. The average Bonchev–Trinajstić information content (AvgIpc) is 2.15. The number of benzene rings is 1. The van der Waals surface area contributed by atoms with Crippen LogP contribution in [0.15, 0.2) is 23.1 Å². The van der Waals surface area contributed by atoms with Crippen molar-refractivity contribution in [3.8, 4) is 6.07 Å². The number of nitriles is 1. The van der Waals surface area contributed by atoms with Gasteiger partial charge in [-0.2, -0.15) is 18.4 Å². The van der Waals surface area contributed by atoms with E-state index >= 15 is 0 Å². The normalized spacial score (nSPS) is 11.1. The zero-order valence-electron chi connectivity index (χ0n) is 7.22. The summed E-state index contributed by atoms with van der Waals surface area (Å²) in [5, 5.41) is 8.63. The van der Waals surface area contributed by atoms with Gasteiger partial charge in [-0.05, 0) is 18.4 Å². The molecule has 0 aliphatic rings. The summed E-state index contributed by atoms with van der Waals surface area (Å²) in [6.45, 7) is 0. The molecule has 0 heterocycles. The molecule has 0 atom stereocenters. The van der Waals surface area contributed by atoms with Crippen LogP contribution in [0.3, 0.4) is 0 Å². The third-order valence-corrected chi connectivity index (χ3v) is 2.44. The molecule has 74 valence electrons. The maximum atomic E-state index is 12.4. The van der Waals surface area contributed by atoms with Crippen LogP contribution in [0.4, 0.5) is 13.2 Å². The third-order valence-electron chi connectivity index (χ3n) is 1.66. The number of hydrogen-bond acceptors (Lipinski definition) is 2. The second-order valence-corrected chi connectivity index (χ2v) is 3.34. The Kier molecular flexibility index (Phi) is 3.06. The zero-order valence-corrected chi connectivity index (χ0v) is 8.04. The molecular formula is C9H6F3NS. The van der Waals surface area contributed by atoms with Gasteiger partial charge in [-0.25, -0.2) is 0 Å². The molecule has 1 rings (SSSR count). The SMILES string of the molecule is CSc1cccc(C(F)(F)F)c1C#N. The quantitative estimate of drug-likeness (QED) is 0.674. The predicted molar refractivity (Wildman–Crippen MR) is 47.9 cm³/mol. The minimum atomic E-state index is -4.46. The molecule has 0 N–H and O–H groups in total. The summed E-state index contributed by atoms with van der Waals surface area (Å²) in [7, 11) is 0. The van der Waals surface area contributed by atoms with Crippen LogP contribution in [0.25, 0.3) is 0 Å². The van der Waals surface area contributed by atoms with Gasteiger partial charge in [0.15, 0.2) is 0 Å². The summed E-state index contributed by atoms with van der Waals surface area (Å²) in [4.78, 5) is 0.349. The van der Waals surface area contributed by atoms with Crippen LogP contribution in [-0.4, -0.2) is 6.26 Å². The van der Waals surface area contributed by atoms with E-state index < -0.39 is 11.7 Å². The van der Waals surface area contributed by atoms with Crippen molar-refractivity contribution in [3.63, 3.8) is 0 Å². The molecule has 5 heteroatoms. The van der Waals surface area contributed by atoms with E-state index in [1.807, 2.05) is 0 Å². The molecule has 1 aromatic rings. The Balaban J connectivity index is 3.39. The monoisotopic (exact) mass is 217 g/mol. The maximum Gasteiger partial charge on any atom is 0.417 e. The first kappa shape index (κ1) is 10.9. The van der Waals surface area contributed by atoms with E-state index in [2.05, 4.69) is 0 Å². The van der Waals surface area contributed by atoms with Crippen LogP contribution in [0.5, 0.6) is 0 Å². The highest BCUT2D eigenvalue weighted by atomic mass is 32.2. The second kappa shape index (κ2) is 3.93. The summed E-state index contributed by atoms with van der Waals surface area (Å²) >= 11 is 1.13. The molecule has 0 aromatic heterocycles. The number of thioether (sulfide) groups is 1. The Labute approximate surface area is 83.5 Å². The highest BCUT2D eigenvalue weighted by Gasteiger charge is 2.34. The van der Waals surface area contributed by atoms with E-state index in [9.17, 15) is 13.2 Å². The van der Waals surface area contributed by atoms with E-state index in [4.69, 9.17) is 5.26 Å². The lowest BCUT2D eigenvalue weighted by molar-refractivity contribution is -0.137. The fraction of sp³-hybridized carbons (Fsp3) is 0.222. The number of rotatable bonds is 1. The lowest BCUT2D eigenvalue weighted by Gasteiger charge is -2.10. The van der Waals surface area contributed by atoms with Gasteiger partial charge in [0.2, 0.25) is 0 Å². The lowest BCUT2D eigenvalue weighted by atomic mass is 10.1. The van der Waals surface area contributed by atoms with Gasteiger partial charge < -0.3 is 0 Å². The first-order valence-electron chi connectivity index (χ1n) is 3.65. The third kappa shape index (κ3) is 2.02. The van der Waals surface area contributed by atoms with Gasteiger partial charge in [-0.15, -0.1) is 11.8 Å². The molecule has 0 unspecified atom stereocenters. The minimum absolute atomic E-state index is 0.299. The van der Waals surface area contributed by atoms with Crippen molar-refractivity contribution in [2.45, 2.75) is 11.1 Å². The van der Waals surface area contributed by atoms with E-state index in [-0.39, 0.29) is 5.56 Å². The summed E-state index contributed by atoms with van der Waals surface area (Å²) < 4.78 is 37.2. The first-order valence-corrected chi connectivity index (χ1v) is 4.87. The van der Waals surface area contributed by atoms with Gasteiger partial charge in [0.05, 0.1) is 11.1 Å². The molecule has 0 amide bonds. The Bertz CT molecular complexity index is 379. The Morgan fingerprint density at radius 2 is 2.00 bits per heavy atom. The molecule has 0 aliphatic carbocycles. The molecule has 0 fully saturated rings. The van der Waals surface area contributed by atoms with E-state index in [1.54, 1.807) is 12.3 Å². The van der Waals surface area contributed by atoms with Gasteiger partial charge in [0.25, 0.3) is 0 Å². The van der Waals surface area contributed by atoms with Crippen molar-refractivity contribution >= 4 is 11.8 Å². The molecule has 14 heavy (non-hydrogen) atoms. The standard InChI is InChI=1S/C9H6F3NS/c1-14-8-4-2-3-7(6(8)5-13)9(10,11)12/h2-4H,1H3. The Morgan fingerprint density at radius 1 is 1.36 bits per heavy atom. The summed E-state index contributed by atoms with van der Waals surface area (Å²) in [5.41, 5.74) is -1.17. The van der Waals surface area contributed by atoms with Crippen molar-refractivity contribution in [1.29, 1.82) is 5.26 Å². The van der Waals surface area contributed by atoms with Crippen molar-refractivity contribution in [3.05, 3.63) is 29.3 Å². The van der Waals surface area contributed by atoms with Crippen LogP contribution in [-0.2, 0) is 6.18 Å². The molecule has 0 saturated carbocycles. The predicted octanol–water partition coefficient (Wildman–Crippen LogP) is 3.30. The van der Waals surface area contributed by atoms with Crippen molar-refractivity contribution in [2.24, 2.45) is 0 Å². The number of alkyl halides is 3. The molecule has 0 saturated heterocycles. The van der Waals surface area contributed by atoms with Gasteiger partial charge in [0.1, 0.15) is 6.07 Å². The molecule has 0 radical (unpaired) electrons. The van der Waals surface area contributed by atoms with Crippen LogP contribution in [0.1, 0.15) is 11.1 Å². The summed E-state index contributed by atoms with van der Waals surface area (Å²) in [6, 6.07) is 5.30. The number of nitrogens with zero attached hydrogens (tertiary/aromatic N) is 1. The zero-order chi connectivity index (χ0) is 10.8. The van der Waals surface area contributed by atoms with Crippen molar-refractivity contribution < 1.29 is 13.2 Å². The van der Waals surface area contributed by atoms with Crippen molar-refractivity contribution in [1.82, 2.24) is 0 Å². The molecule has 0 spiro atoms. The van der Waals surface area contributed by atoms with Crippen LogP contribution in [0, 0.1) is 11.3 Å². The van der Waals surface area contributed by atoms with Crippen LogP contribution in [0.2, 0.25) is 0 Å². The molecule has 1 aromatic carbocycles. The van der Waals surface area contributed by atoms with Gasteiger partial charge >= 0.3 is 6.18 Å². The van der Waals surface area contributed by atoms with Crippen LogP contribution < -0.4 is 0 Å². The Morgan fingerprint density at radius 3 is 2.43 bits per heavy atom. The minimum Gasteiger partial charge on any atom is -0.192 e. The van der Waals surface area contributed by atoms with Gasteiger partial charge in [-0.3, -0.25) is 0 Å². The van der Waals surface area contributed by atoms with Gasteiger partial charge in [0, 0.05) is 4.90 Å². The Hall–Kier alpha value is -1.15. The van der Waals surface area contributed by atoms with E-state index in [0.717, 1.165) is 17.8 Å². The number of halogens is 3. The fourth-order valence-electron chi connectivity index (χ4n) is 1.05. The molecular weight excluding hydrogens is 211 g/mol. The second-order valence-electron chi connectivity index (χ2n) is 2.49. The largest absolute Gasteiger partial charge is 0.417 e. The molecule has 0 aliphatic heterocycles. The first-order chi connectivity index (χ1) is 6.50. The topological polar surface area (TPSA) is 23.8 Å². The smallest absolute Gasteiger partial charge is 0.192 e. The van der Waals surface area contributed by atoms with Crippen molar-refractivity contribution in [2.75, 3.05) is 6.26 Å². The van der Waals surface area contributed by atoms with E-state index in [1.165, 1.54) is 12.1 Å². The van der Waals surface area contributed by atoms with Gasteiger partial charge in [-0.1, -0.05) is 6.07 Å². The highest BCUT2D eigenvalue weighted by Crippen LogP contribution is 2.35. The highest BCUT2D eigenvalue weighted by molar-refractivity contribution is 7.98. The summed E-state index contributed by atoms with van der Waals surface area (Å²) in [6.07, 6.45) is -2.83. The fourth-order valence-corrected chi connectivity index (χ4v) is 1.63. The van der Waals surface area contributed by atoms with E-state index in [0.29, 0.717) is 4.90 Å². The lowest BCUT2D eigenvalue weighted by Crippen LogP contribution is -2.08. The number of hydrogen-bond donors (Lipinski definition) is 0. The molecule has 0 bridgehead atoms.